The molecule has 7 nitrogen and oxygen atoms in total. The zero-order valence-corrected chi connectivity index (χ0v) is 15.1. The molecule has 8 heteroatoms. The number of benzene rings is 2. The SMILES string of the molecule is COC(=O)Cn1c(=NC(=O)c2cnc3ccccc3n2)sc2ccccc21. The van der Waals surface area contributed by atoms with Crippen LogP contribution >= 0.6 is 11.3 Å². The smallest absolute Gasteiger partial charge is 0.325 e. The van der Waals surface area contributed by atoms with E-state index in [9.17, 15) is 9.59 Å². The Kier molecular flexibility index (Phi) is 4.47. The summed E-state index contributed by atoms with van der Waals surface area (Å²) in [5.41, 5.74) is 2.29. The van der Waals surface area contributed by atoms with Crippen molar-refractivity contribution in [3.8, 4) is 0 Å². The summed E-state index contributed by atoms with van der Waals surface area (Å²) < 4.78 is 7.34. The Hall–Kier alpha value is -3.39. The topological polar surface area (TPSA) is 86.4 Å². The van der Waals surface area contributed by atoms with Crippen LogP contribution in [0.15, 0.2) is 59.7 Å². The van der Waals surface area contributed by atoms with Gasteiger partial charge in [0.2, 0.25) is 0 Å². The van der Waals surface area contributed by atoms with Crippen molar-refractivity contribution in [1.29, 1.82) is 0 Å². The van der Waals surface area contributed by atoms with E-state index in [-0.39, 0.29) is 12.2 Å². The molecule has 2 aromatic heterocycles. The molecular weight excluding hydrogens is 364 g/mol. The van der Waals surface area contributed by atoms with Gasteiger partial charge in [0.1, 0.15) is 12.2 Å². The third-order valence-electron chi connectivity index (χ3n) is 3.97. The zero-order chi connectivity index (χ0) is 18.8. The third-order valence-corrected chi connectivity index (χ3v) is 5.03. The summed E-state index contributed by atoms with van der Waals surface area (Å²) in [5, 5.41) is 0. The van der Waals surface area contributed by atoms with E-state index in [1.807, 2.05) is 42.5 Å². The fourth-order valence-corrected chi connectivity index (χ4v) is 3.68. The molecule has 0 aliphatic rings. The summed E-state index contributed by atoms with van der Waals surface area (Å²) in [6, 6.07) is 14.8. The lowest BCUT2D eigenvalue weighted by Crippen LogP contribution is -2.22. The van der Waals surface area contributed by atoms with Crippen molar-refractivity contribution in [1.82, 2.24) is 14.5 Å². The average molecular weight is 378 g/mol. The lowest BCUT2D eigenvalue weighted by Gasteiger charge is -2.03. The van der Waals surface area contributed by atoms with Crippen molar-refractivity contribution < 1.29 is 14.3 Å². The molecule has 0 aliphatic carbocycles. The second-order valence-electron chi connectivity index (χ2n) is 5.68. The van der Waals surface area contributed by atoms with Gasteiger partial charge in [-0.1, -0.05) is 35.6 Å². The number of nitrogens with zero attached hydrogens (tertiary/aromatic N) is 4. The molecule has 27 heavy (non-hydrogen) atoms. The average Bonchev–Trinajstić information content (AvgIpc) is 3.04. The molecule has 0 fully saturated rings. The van der Waals surface area contributed by atoms with Crippen LogP contribution in [0.1, 0.15) is 10.5 Å². The second kappa shape index (κ2) is 7.08. The number of methoxy groups -OCH3 is 1. The van der Waals surface area contributed by atoms with Crippen LogP contribution in [0, 0.1) is 0 Å². The normalized spacial score (nSPS) is 11.8. The number of ether oxygens (including phenoxy) is 1. The van der Waals surface area contributed by atoms with Crippen LogP contribution in [0.4, 0.5) is 0 Å². The molecule has 0 saturated carbocycles. The summed E-state index contributed by atoms with van der Waals surface area (Å²) in [4.78, 5) is 37.6. The first kappa shape index (κ1) is 17.0. The fraction of sp³-hybridized carbons (Fsp3) is 0.105. The van der Waals surface area contributed by atoms with Gasteiger partial charge in [-0.3, -0.25) is 14.6 Å². The summed E-state index contributed by atoms with van der Waals surface area (Å²) in [5.74, 6) is -0.934. The molecule has 4 rings (SSSR count). The molecule has 0 N–H and O–H groups in total. The number of amides is 1. The van der Waals surface area contributed by atoms with Crippen LogP contribution in [-0.4, -0.2) is 33.5 Å². The van der Waals surface area contributed by atoms with Gasteiger partial charge in [0.25, 0.3) is 5.91 Å². The number of rotatable bonds is 3. The lowest BCUT2D eigenvalue weighted by molar-refractivity contribution is -0.141. The number of para-hydroxylation sites is 3. The van der Waals surface area contributed by atoms with E-state index in [1.165, 1.54) is 24.6 Å². The van der Waals surface area contributed by atoms with Gasteiger partial charge in [-0.25, -0.2) is 4.98 Å². The molecule has 2 aromatic carbocycles. The van der Waals surface area contributed by atoms with Crippen LogP contribution in [-0.2, 0) is 16.1 Å². The maximum absolute atomic E-state index is 12.7. The minimum atomic E-state index is -0.515. The number of aromatic nitrogens is 3. The highest BCUT2D eigenvalue weighted by Gasteiger charge is 2.13. The Balaban J connectivity index is 1.82. The Morgan fingerprint density at radius 3 is 2.67 bits per heavy atom. The number of fused-ring (bicyclic) bond motifs is 2. The van der Waals surface area contributed by atoms with Gasteiger partial charge in [-0.2, -0.15) is 4.99 Å². The second-order valence-corrected chi connectivity index (χ2v) is 6.68. The number of thiazole rings is 1. The van der Waals surface area contributed by atoms with Crippen molar-refractivity contribution in [2.75, 3.05) is 7.11 Å². The number of hydrogen-bond acceptors (Lipinski definition) is 6. The molecule has 0 unspecified atom stereocenters. The Morgan fingerprint density at radius 2 is 1.85 bits per heavy atom. The molecule has 0 aliphatic heterocycles. The van der Waals surface area contributed by atoms with Crippen molar-refractivity contribution in [2.45, 2.75) is 6.54 Å². The number of carbonyl (C=O) groups is 2. The van der Waals surface area contributed by atoms with Gasteiger partial charge >= 0.3 is 5.97 Å². The first-order chi connectivity index (χ1) is 13.2. The maximum atomic E-state index is 12.7. The van der Waals surface area contributed by atoms with Gasteiger partial charge in [0, 0.05) is 0 Å². The molecule has 4 aromatic rings. The van der Waals surface area contributed by atoms with E-state index in [4.69, 9.17) is 4.74 Å². The Labute approximate surface area is 157 Å². The number of carbonyl (C=O) groups excluding carboxylic acids is 2. The van der Waals surface area contributed by atoms with Crippen molar-refractivity contribution in [3.63, 3.8) is 0 Å². The van der Waals surface area contributed by atoms with Gasteiger partial charge in [0.05, 0.1) is 34.6 Å². The van der Waals surface area contributed by atoms with E-state index in [0.717, 1.165) is 10.2 Å². The molecule has 0 bridgehead atoms. The van der Waals surface area contributed by atoms with Crippen LogP contribution < -0.4 is 4.80 Å². The van der Waals surface area contributed by atoms with Gasteiger partial charge in [-0.05, 0) is 24.3 Å². The molecule has 0 radical (unpaired) electrons. The van der Waals surface area contributed by atoms with E-state index in [1.54, 1.807) is 10.6 Å². The van der Waals surface area contributed by atoms with Crippen molar-refractivity contribution in [3.05, 3.63) is 65.2 Å². The highest BCUT2D eigenvalue weighted by Crippen LogP contribution is 2.17. The zero-order valence-electron chi connectivity index (χ0n) is 14.3. The van der Waals surface area contributed by atoms with Crippen LogP contribution in [0.3, 0.4) is 0 Å². The van der Waals surface area contributed by atoms with Gasteiger partial charge < -0.3 is 9.30 Å². The predicted molar refractivity (Wildman–Crippen MR) is 101 cm³/mol. The van der Waals surface area contributed by atoms with E-state index in [2.05, 4.69) is 15.0 Å². The number of hydrogen-bond donors (Lipinski definition) is 0. The standard InChI is InChI=1S/C19H14N4O3S/c1-26-17(24)11-23-15-8-4-5-9-16(15)27-19(23)22-18(25)14-10-20-12-6-2-3-7-13(12)21-14/h2-10H,11H2,1H3. The van der Waals surface area contributed by atoms with E-state index >= 15 is 0 Å². The largest absolute Gasteiger partial charge is 0.468 e. The monoisotopic (exact) mass is 378 g/mol. The third kappa shape index (κ3) is 3.34. The molecule has 0 saturated heterocycles. The first-order valence-electron chi connectivity index (χ1n) is 8.12. The highest BCUT2D eigenvalue weighted by atomic mass is 32.1. The molecule has 0 spiro atoms. The lowest BCUT2D eigenvalue weighted by atomic mass is 10.3. The van der Waals surface area contributed by atoms with E-state index < -0.39 is 11.9 Å². The molecule has 2 heterocycles. The number of esters is 1. The Bertz CT molecular complexity index is 1240. The highest BCUT2D eigenvalue weighted by molar-refractivity contribution is 7.16. The van der Waals surface area contributed by atoms with Gasteiger partial charge in [0.15, 0.2) is 4.80 Å². The van der Waals surface area contributed by atoms with Crippen LogP contribution in [0.5, 0.6) is 0 Å². The summed E-state index contributed by atoms with van der Waals surface area (Å²) in [6.45, 7) is -0.0317. The van der Waals surface area contributed by atoms with Crippen molar-refractivity contribution in [2.24, 2.45) is 4.99 Å². The minimum Gasteiger partial charge on any atom is -0.468 e. The first-order valence-corrected chi connectivity index (χ1v) is 8.93. The molecule has 0 atom stereocenters. The molecule has 1 amide bonds. The van der Waals surface area contributed by atoms with Crippen molar-refractivity contribution >= 4 is 44.5 Å². The van der Waals surface area contributed by atoms with E-state index in [0.29, 0.717) is 15.8 Å². The predicted octanol–water partition coefficient (Wildman–Crippen LogP) is 2.56. The molecule has 134 valence electrons. The fourth-order valence-electron chi connectivity index (χ4n) is 2.66. The quantitative estimate of drug-likeness (QED) is 0.512. The van der Waals surface area contributed by atoms with Crippen LogP contribution in [0.2, 0.25) is 0 Å². The summed E-state index contributed by atoms with van der Waals surface area (Å²) in [7, 11) is 1.32. The van der Waals surface area contributed by atoms with Gasteiger partial charge in [-0.15, -0.1) is 0 Å². The molecular formula is C19H14N4O3S. The van der Waals surface area contributed by atoms with Crippen LogP contribution in [0.25, 0.3) is 21.3 Å². The Morgan fingerprint density at radius 1 is 1.11 bits per heavy atom. The maximum Gasteiger partial charge on any atom is 0.325 e. The minimum absolute atomic E-state index is 0.0317. The summed E-state index contributed by atoms with van der Waals surface area (Å²) in [6.07, 6.45) is 1.41. The summed E-state index contributed by atoms with van der Waals surface area (Å²) >= 11 is 1.32.